The van der Waals surface area contributed by atoms with Gasteiger partial charge < -0.3 is 0 Å². The van der Waals surface area contributed by atoms with E-state index in [4.69, 9.17) is 0 Å². The second-order valence-corrected chi connectivity index (χ2v) is 7.34. The minimum atomic E-state index is 0.435. The first-order chi connectivity index (χ1) is 6.84. The zero-order valence-corrected chi connectivity index (χ0v) is 11.2. The van der Waals surface area contributed by atoms with Gasteiger partial charge >= 0.3 is 98.1 Å². The standard InChI is InChI=1S/C10H21IN3/c1-12-5-7-13(8-6-12)9-10-14-4-2-3-11-14/h2-10H2,1H3/q-1. The molecule has 0 aromatic heterocycles. The summed E-state index contributed by atoms with van der Waals surface area (Å²) in [5.41, 5.74) is 0. The molecule has 4 heteroatoms. The summed E-state index contributed by atoms with van der Waals surface area (Å²) >= 11 is 0.435. The Morgan fingerprint density at radius 1 is 1.00 bits per heavy atom. The van der Waals surface area contributed by atoms with Crippen LogP contribution in [0.2, 0.25) is 0 Å². The maximum absolute atomic E-state index is 2.72. The van der Waals surface area contributed by atoms with Gasteiger partial charge in [0.05, 0.1) is 0 Å². The second-order valence-electron chi connectivity index (χ2n) is 4.22. The van der Waals surface area contributed by atoms with Crippen molar-refractivity contribution in [3.63, 3.8) is 0 Å². The summed E-state index contributed by atoms with van der Waals surface area (Å²) in [4.78, 5) is 5.06. The van der Waals surface area contributed by atoms with Crippen LogP contribution in [0.1, 0.15) is 6.42 Å². The first-order valence-electron chi connectivity index (χ1n) is 5.60. The van der Waals surface area contributed by atoms with Crippen LogP contribution in [0.15, 0.2) is 0 Å². The van der Waals surface area contributed by atoms with Crippen molar-refractivity contribution in [3.8, 4) is 0 Å². The number of rotatable bonds is 3. The zero-order chi connectivity index (χ0) is 9.80. The van der Waals surface area contributed by atoms with E-state index in [-0.39, 0.29) is 0 Å². The van der Waals surface area contributed by atoms with Gasteiger partial charge in [-0.25, -0.2) is 0 Å². The van der Waals surface area contributed by atoms with Crippen molar-refractivity contribution < 1.29 is 21.5 Å². The van der Waals surface area contributed by atoms with E-state index >= 15 is 0 Å². The molecule has 0 radical (unpaired) electrons. The molecule has 0 aromatic rings. The van der Waals surface area contributed by atoms with Gasteiger partial charge in [-0.15, -0.1) is 0 Å². The van der Waals surface area contributed by atoms with E-state index in [0.717, 1.165) is 0 Å². The van der Waals surface area contributed by atoms with Crippen molar-refractivity contribution in [3.05, 3.63) is 0 Å². The SMILES string of the molecule is CN1CCN(CCN2CCC[I-]2)CC1. The molecule has 0 amide bonds. The van der Waals surface area contributed by atoms with E-state index in [0.29, 0.717) is 21.5 Å². The van der Waals surface area contributed by atoms with E-state index < -0.39 is 0 Å². The molecule has 0 aromatic carbocycles. The van der Waals surface area contributed by atoms with Crippen molar-refractivity contribution in [2.75, 3.05) is 57.3 Å². The third-order valence-electron chi connectivity index (χ3n) is 3.04. The summed E-state index contributed by atoms with van der Waals surface area (Å²) in [6.45, 7) is 9.13. The van der Waals surface area contributed by atoms with Crippen molar-refractivity contribution in [2.45, 2.75) is 6.42 Å². The van der Waals surface area contributed by atoms with Gasteiger partial charge in [0.15, 0.2) is 0 Å². The van der Waals surface area contributed by atoms with Gasteiger partial charge in [-0.1, -0.05) is 0 Å². The summed E-state index contributed by atoms with van der Waals surface area (Å²) in [7, 11) is 2.23. The van der Waals surface area contributed by atoms with Gasteiger partial charge in [-0.05, 0) is 0 Å². The van der Waals surface area contributed by atoms with E-state index in [2.05, 4.69) is 20.0 Å². The predicted octanol–water partition coefficient (Wildman–Crippen LogP) is -3.06. The zero-order valence-electron chi connectivity index (χ0n) is 9.08. The quantitative estimate of drug-likeness (QED) is 0.311. The van der Waals surface area contributed by atoms with Crippen molar-refractivity contribution >= 4 is 0 Å². The average Bonchev–Trinajstić information content (AvgIpc) is 2.70. The van der Waals surface area contributed by atoms with Crippen LogP contribution in [-0.4, -0.2) is 70.2 Å². The van der Waals surface area contributed by atoms with Crippen LogP contribution in [0.25, 0.3) is 0 Å². The molecular weight excluding hydrogens is 289 g/mol. The molecule has 2 aliphatic rings. The van der Waals surface area contributed by atoms with E-state index in [1.165, 1.54) is 56.7 Å². The Bertz CT molecular complexity index is 163. The molecular formula is C10H21IN3-. The van der Waals surface area contributed by atoms with Crippen molar-refractivity contribution in [1.29, 1.82) is 0 Å². The fraction of sp³-hybridized carbons (Fsp3) is 1.00. The summed E-state index contributed by atoms with van der Waals surface area (Å²) in [5.74, 6) is 0. The van der Waals surface area contributed by atoms with Crippen LogP contribution in [-0.2, 0) is 0 Å². The fourth-order valence-electron chi connectivity index (χ4n) is 1.96. The Kier molecular flexibility index (Phi) is 4.46. The number of piperazine rings is 1. The first kappa shape index (κ1) is 11.1. The third-order valence-corrected chi connectivity index (χ3v) is 6.22. The van der Waals surface area contributed by atoms with Crippen LogP contribution in [0.4, 0.5) is 0 Å². The Morgan fingerprint density at radius 3 is 2.43 bits per heavy atom. The summed E-state index contributed by atoms with van der Waals surface area (Å²) in [6.07, 6.45) is 1.47. The molecule has 2 aliphatic heterocycles. The third kappa shape index (κ3) is 3.32. The predicted molar refractivity (Wildman–Crippen MR) is 55.0 cm³/mol. The molecule has 0 atom stereocenters. The molecule has 2 saturated heterocycles. The molecule has 2 fully saturated rings. The molecule has 0 N–H and O–H groups in total. The fourth-order valence-corrected chi connectivity index (χ4v) is 4.57. The normalized spacial score (nSPS) is 27.8. The summed E-state index contributed by atoms with van der Waals surface area (Å²) in [5, 5.41) is 0. The molecule has 0 spiro atoms. The molecule has 0 bridgehead atoms. The molecule has 2 heterocycles. The Balaban J connectivity index is 1.60. The molecule has 2 rings (SSSR count). The van der Waals surface area contributed by atoms with Gasteiger partial charge in [0.25, 0.3) is 0 Å². The van der Waals surface area contributed by atoms with Gasteiger partial charge in [-0.3, -0.25) is 0 Å². The second kappa shape index (κ2) is 5.63. The van der Waals surface area contributed by atoms with Gasteiger partial charge in [0, 0.05) is 0 Å². The van der Waals surface area contributed by atoms with Crippen LogP contribution < -0.4 is 21.5 Å². The molecule has 84 valence electrons. The maximum atomic E-state index is 2.72. The van der Waals surface area contributed by atoms with Crippen molar-refractivity contribution in [2.24, 2.45) is 0 Å². The monoisotopic (exact) mass is 310 g/mol. The minimum absolute atomic E-state index is 0.435. The van der Waals surface area contributed by atoms with E-state index in [1.807, 2.05) is 0 Å². The summed E-state index contributed by atoms with van der Waals surface area (Å²) < 4.78 is 4.25. The molecule has 3 nitrogen and oxygen atoms in total. The average molecular weight is 310 g/mol. The molecule has 14 heavy (non-hydrogen) atoms. The Labute approximate surface area is 98.0 Å². The summed E-state index contributed by atoms with van der Waals surface area (Å²) in [6, 6.07) is 0. The number of alkyl halides is 1. The van der Waals surface area contributed by atoms with E-state index in [9.17, 15) is 0 Å². The number of nitrogens with zero attached hydrogens (tertiary/aromatic N) is 3. The van der Waals surface area contributed by atoms with E-state index in [1.54, 1.807) is 0 Å². The van der Waals surface area contributed by atoms with Crippen LogP contribution in [0.3, 0.4) is 0 Å². The number of hydrogen-bond donors (Lipinski definition) is 0. The molecule has 0 saturated carbocycles. The van der Waals surface area contributed by atoms with Gasteiger partial charge in [-0.2, -0.15) is 0 Å². The Morgan fingerprint density at radius 2 is 1.79 bits per heavy atom. The van der Waals surface area contributed by atoms with Crippen LogP contribution >= 0.6 is 0 Å². The molecule has 0 aliphatic carbocycles. The number of hydrogen-bond acceptors (Lipinski definition) is 3. The van der Waals surface area contributed by atoms with Gasteiger partial charge in [0.2, 0.25) is 0 Å². The number of halogens is 1. The molecule has 0 unspecified atom stereocenters. The van der Waals surface area contributed by atoms with Crippen LogP contribution in [0.5, 0.6) is 0 Å². The van der Waals surface area contributed by atoms with Crippen molar-refractivity contribution in [1.82, 2.24) is 12.9 Å². The number of likely N-dealkylation sites (N-methyl/N-ethyl adjacent to an activating group) is 1. The first-order valence-corrected chi connectivity index (χ1v) is 8.09. The van der Waals surface area contributed by atoms with Gasteiger partial charge in [0.1, 0.15) is 0 Å². The van der Waals surface area contributed by atoms with Crippen LogP contribution in [0, 0.1) is 0 Å². The Hall–Kier alpha value is 0.610. The topological polar surface area (TPSA) is 9.72 Å².